The van der Waals surface area contributed by atoms with Crippen LogP contribution in [0.25, 0.3) is 0 Å². The molecule has 100 valence electrons. The summed E-state index contributed by atoms with van der Waals surface area (Å²) in [7, 11) is -2.92. The molecular formula is C11H15NO4S2. The Hall–Kier alpha value is -0.920. The molecule has 1 atom stereocenters. The van der Waals surface area contributed by atoms with E-state index in [2.05, 4.69) is 5.32 Å². The van der Waals surface area contributed by atoms with Gasteiger partial charge in [-0.2, -0.15) is 0 Å². The molecule has 0 saturated carbocycles. The molecule has 1 aromatic rings. The van der Waals surface area contributed by atoms with Gasteiger partial charge < -0.3 is 10.4 Å². The van der Waals surface area contributed by atoms with Crippen molar-refractivity contribution in [2.24, 2.45) is 0 Å². The first-order valence-corrected chi connectivity index (χ1v) is 8.21. The first kappa shape index (κ1) is 13.5. The highest BCUT2D eigenvalue weighted by atomic mass is 32.2. The number of hydrogen-bond donors (Lipinski definition) is 2. The predicted octanol–water partition coefficient (Wildman–Crippen LogP) is 1.11. The summed E-state index contributed by atoms with van der Waals surface area (Å²) in [6.45, 7) is 2.40. The Morgan fingerprint density at radius 1 is 1.56 bits per heavy atom. The van der Waals surface area contributed by atoms with Crippen LogP contribution >= 0.6 is 11.3 Å². The Bertz CT molecular complexity index is 563. The van der Waals surface area contributed by atoms with Crippen molar-refractivity contribution in [2.75, 3.05) is 11.5 Å². The van der Waals surface area contributed by atoms with E-state index in [1.165, 1.54) is 11.3 Å². The molecule has 1 aromatic heterocycles. The largest absolute Gasteiger partial charge is 0.477 e. The first-order valence-electron chi connectivity index (χ1n) is 5.57. The van der Waals surface area contributed by atoms with Crippen LogP contribution in [0.2, 0.25) is 0 Å². The first-order chi connectivity index (χ1) is 8.30. The average Bonchev–Trinajstić information content (AvgIpc) is 2.81. The maximum atomic E-state index is 11.4. The molecule has 1 aliphatic rings. The molecule has 0 radical (unpaired) electrons. The van der Waals surface area contributed by atoms with Gasteiger partial charge in [0.05, 0.1) is 11.5 Å². The smallest absolute Gasteiger partial charge is 0.345 e. The lowest BCUT2D eigenvalue weighted by atomic mass is 10.0. The van der Waals surface area contributed by atoms with E-state index in [1.54, 1.807) is 12.1 Å². The van der Waals surface area contributed by atoms with Crippen molar-refractivity contribution < 1.29 is 18.3 Å². The lowest BCUT2D eigenvalue weighted by Crippen LogP contribution is -2.42. The van der Waals surface area contributed by atoms with Crippen LogP contribution in [0.1, 0.15) is 27.9 Å². The molecule has 0 aromatic carbocycles. The quantitative estimate of drug-likeness (QED) is 0.867. The fraction of sp³-hybridized carbons (Fsp3) is 0.545. The van der Waals surface area contributed by atoms with Gasteiger partial charge >= 0.3 is 5.97 Å². The molecule has 0 bridgehead atoms. The zero-order valence-electron chi connectivity index (χ0n) is 9.97. The van der Waals surface area contributed by atoms with E-state index in [-0.39, 0.29) is 11.5 Å². The fourth-order valence-corrected chi connectivity index (χ4v) is 4.95. The van der Waals surface area contributed by atoms with Crippen molar-refractivity contribution in [3.05, 3.63) is 21.9 Å². The summed E-state index contributed by atoms with van der Waals surface area (Å²) in [5, 5.41) is 12.0. The van der Waals surface area contributed by atoms with Gasteiger partial charge in [0, 0.05) is 17.0 Å². The highest BCUT2D eigenvalue weighted by Gasteiger charge is 2.37. The Labute approximate surface area is 110 Å². The third kappa shape index (κ3) is 3.09. The number of carbonyl (C=O) groups is 1. The van der Waals surface area contributed by atoms with Gasteiger partial charge in [0.15, 0.2) is 9.84 Å². The van der Waals surface area contributed by atoms with Crippen molar-refractivity contribution in [1.82, 2.24) is 5.32 Å². The van der Waals surface area contributed by atoms with E-state index >= 15 is 0 Å². The number of aromatic carboxylic acids is 1. The lowest BCUT2D eigenvalue weighted by Gasteiger charge is -2.23. The fourth-order valence-electron chi connectivity index (χ4n) is 2.04. The van der Waals surface area contributed by atoms with Gasteiger partial charge in [-0.05, 0) is 25.5 Å². The third-order valence-electron chi connectivity index (χ3n) is 3.07. The van der Waals surface area contributed by atoms with Gasteiger partial charge in [0.1, 0.15) is 4.88 Å². The second-order valence-electron chi connectivity index (χ2n) is 4.83. The molecule has 0 amide bonds. The maximum absolute atomic E-state index is 11.4. The Balaban J connectivity index is 1.97. The zero-order valence-corrected chi connectivity index (χ0v) is 11.6. The second kappa shape index (κ2) is 4.64. The molecule has 2 N–H and O–H groups in total. The van der Waals surface area contributed by atoms with Crippen LogP contribution in [0, 0.1) is 0 Å². The molecule has 7 heteroatoms. The monoisotopic (exact) mass is 289 g/mol. The summed E-state index contributed by atoms with van der Waals surface area (Å²) in [4.78, 5) is 11.9. The topological polar surface area (TPSA) is 83.5 Å². The van der Waals surface area contributed by atoms with E-state index < -0.39 is 21.3 Å². The average molecular weight is 289 g/mol. The minimum absolute atomic E-state index is 0.150. The summed E-state index contributed by atoms with van der Waals surface area (Å²) >= 11 is 1.21. The SMILES string of the molecule is CC1(NCc2ccc(C(=O)O)s2)CCS(=O)(=O)C1. The molecule has 0 aliphatic carbocycles. The van der Waals surface area contributed by atoms with E-state index in [0.29, 0.717) is 17.8 Å². The van der Waals surface area contributed by atoms with Crippen molar-refractivity contribution in [3.8, 4) is 0 Å². The predicted molar refractivity (Wildman–Crippen MR) is 69.8 cm³/mol. The van der Waals surface area contributed by atoms with Crippen LogP contribution in [0.3, 0.4) is 0 Å². The number of carboxylic acids is 1. The summed E-state index contributed by atoms with van der Waals surface area (Å²) in [5.74, 6) is -0.556. The normalized spacial score (nSPS) is 26.3. The van der Waals surface area contributed by atoms with Crippen LogP contribution in [-0.2, 0) is 16.4 Å². The number of thiophene rings is 1. The van der Waals surface area contributed by atoms with E-state index in [1.807, 2.05) is 6.92 Å². The van der Waals surface area contributed by atoms with E-state index in [0.717, 1.165) is 4.88 Å². The number of hydrogen-bond acceptors (Lipinski definition) is 5. The molecule has 0 spiro atoms. The third-order valence-corrected chi connectivity index (χ3v) is 6.04. The van der Waals surface area contributed by atoms with Gasteiger partial charge in [0.2, 0.25) is 0 Å². The van der Waals surface area contributed by atoms with Crippen LogP contribution in [-0.4, -0.2) is 36.5 Å². The molecule has 1 saturated heterocycles. The molecule has 1 aliphatic heterocycles. The summed E-state index contributed by atoms with van der Waals surface area (Å²) < 4.78 is 22.9. The summed E-state index contributed by atoms with van der Waals surface area (Å²) in [5.41, 5.74) is -0.397. The Morgan fingerprint density at radius 3 is 2.78 bits per heavy atom. The van der Waals surface area contributed by atoms with Crippen LogP contribution in [0.15, 0.2) is 12.1 Å². The molecule has 1 fully saturated rings. The van der Waals surface area contributed by atoms with Crippen molar-refractivity contribution in [3.63, 3.8) is 0 Å². The summed E-state index contributed by atoms with van der Waals surface area (Å²) in [6, 6.07) is 3.33. The Kier molecular flexibility index (Phi) is 3.48. The van der Waals surface area contributed by atoms with E-state index in [4.69, 9.17) is 5.11 Å². The van der Waals surface area contributed by atoms with Crippen LogP contribution < -0.4 is 5.32 Å². The van der Waals surface area contributed by atoms with E-state index in [9.17, 15) is 13.2 Å². The highest BCUT2D eigenvalue weighted by Crippen LogP contribution is 2.24. The van der Waals surface area contributed by atoms with Gasteiger partial charge in [-0.25, -0.2) is 13.2 Å². The molecule has 2 rings (SSSR count). The van der Waals surface area contributed by atoms with Crippen molar-refractivity contribution in [2.45, 2.75) is 25.4 Å². The van der Waals surface area contributed by atoms with Crippen LogP contribution in [0.5, 0.6) is 0 Å². The van der Waals surface area contributed by atoms with Crippen molar-refractivity contribution >= 4 is 27.1 Å². The highest BCUT2D eigenvalue weighted by molar-refractivity contribution is 7.91. The number of rotatable bonds is 4. The number of carboxylic acid groups (broad SMARTS) is 1. The second-order valence-corrected chi connectivity index (χ2v) is 8.18. The van der Waals surface area contributed by atoms with Crippen LogP contribution in [0.4, 0.5) is 0 Å². The molecule has 2 heterocycles. The molecular weight excluding hydrogens is 274 g/mol. The lowest BCUT2D eigenvalue weighted by molar-refractivity contribution is 0.0702. The number of sulfone groups is 1. The molecule has 5 nitrogen and oxygen atoms in total. The Morgan fingerprint density at radius 2 is 2.28 bits per heavy atom. The van der Waals surface area contributed by atoms with Gasteiger partial charge in [-0.3, -0.25) is 0 Å². The van der Waals surface area contributed by atoms with Gasteiger partial charge in [-0.15, -0.1) is 11.3 Å². The molecule has 18 heavy (non-hydrogen) atoms. The summed E-state index contributed by atoms with van der Waals surface area (Å²) in [6.07, 6.45) is 0.604. The standard InChI is InChI=1S/C11H15NO4S2/c1-11(4-5-18(15,16)7-11)12-6-8-2-3-9(17-8)10(13)14/h2-3,12H,4-7H2,1H3,(H,13,14). The van der Waals surface area contributed by atoms with Crippen molar-refractivity contribution in [1.29, 1.82) is 0 Å². The van der Waals surface area contributed by atoms with Gasteiger partial charge in [-0.1, -0.05) is 0 Å². The molecule has 1 unspecified atom stereocenters. The zero-order chi connectivity index (χ0) is 13.4. The maximum Gasteiger partial charge on any atom is 0.345 e. The number of nitrogens with one attached hydrogen (secondary N) is 1. The minimum atomic E-state index is -2.92. The van der Waals surface area contributed by atoms with Gasteiger partial charge in [0.25, 0.3) is 0 Å². The minimum Gasteiger partial charge on any atom is -0.477 e.